The highest BCUT2D eigenvalue weighted by atomic mass is 16.5. The van der Waals surface area contributed by atoms with Crippen LogP contribution in [-0.2, 0) is 9.59 Å². The number of nitrogens with one attached hydrogen (secondary N) is 1. The number of carbonyl (C=O) groups is 2. The first-order chi connectivity index (χ1) is 14.4. The zero-order valence-corrected chi connectivity index (χ0v) is 18.7. The molecule has 166 valence electrons. The molecule has 1 heterocycles. The highest BCUT2D eigenvalue weighted by Crippen LogP contribution is 2.44. The molecule has 0 spiro atoms. The molecule has 0 radical (unpaired) electrons. The summed E-state index contributed by atoms with van der Waals surface area (Å²) in [5.41, 5.74) is 0.916. The number of nitrogens with zero attached hydrogens (tertiary/aromatic N) is 1. The highest BCUT2D eigenvalue weighted by molar-refractivity contribution is 5.85. The van der Waals surface area contributed by atoms with E-state index in [2.05, 4.69) is 19.2 Å². The van der Waals surface area contributed by atoms with Crippen molar-refractivity contribution in [2.24, 2.45) is 17.8 Å². The first-order valence-corrected chi connectivity index (χ1v) is 10.8. The largest absolute Gasteiger partial charge is 0.493 e. The van der Waals surface area contributed by atoms with Crippen LogP contribution in [0.4, 0.5) is 0 Å². The molecule has 1 aliphatic carbocycles. The third-order valence-corrected chi connectivity index (χ3v) is 6.03. The van der Waals surface area contributed by atoms with E-state index in [0.29, 0.717) is 42.8 Å². The summed E-state index contributed by atoms with van der Waals surface area (Å²) in [4.78, 5) is 27.6. The fourth-order valence-corrected chi connectivity index (χ4v) is 4.11. The summed E-state index contributed by atoms with van der Waals surface area (Å²) in [5, 5.41) is 3.08. The Kier molecular flexibility index (Phi) is 7.10. The number of benzene rings is 1. The normalized spacial score (nSPS) is 20.9. The van der Waals surface area contributed by atoms with Gasteiger partial charge < -0.3 is 24.4 Å². The zero-order chi connectivity index (χ0) is 21.8. The van der Waals surface area contributed by atoms with Crippen LogP contribution >= 0.6 is 0 Å². The van der Waals surface area contributed by atoms with Gasteiger partial charge >= 0.3 is 0 Å². The summed E-state index contributed by atoms with van der Waals surface area (Å²) in [5.74, 6) is 2.02. The summed E-state index contributed by atoms with van der Waals surface area (Å²) in [6.07, 6.45) is 2.84. The number of carbonyl (C=O) groups excluding carboxylic acids is 2. The van der Waals surface area contributed by atoms with E-state index in [0.717, 1.165) is 24.8 Å². The SMILES string of the molecule is COc1cc(C2CN(C(=O)C3CC3)CC2C(=O)NCCC(C)C)cc(OC)c1OC. The van der Waals surface area contributed by atoms with Crippen LogP contribution in [-0.4, -0.2) is 57.7 Å². The molecule has 1 aliphatic heterocycles. The van der Waals surface area contributed by atoms with Crippen LogP contribution in [0.5, 0.6) is 17.2 Å². The van der Waals surface area contributed by atoms with Crippen LogP contribution in [0.2, 0.25) is 0 Å². The van der Waals surface area contributed by atoms with Gasteiger partial charge in [0.25, 0.3) is 0 Å². The molecule has 2 aliphatic rings. The Labute approximate surface area is 179 Å². The average Bonchev–Trinajstić information content (AvgIpc) is 3.49. The van der Waals surface area contributed by atoms with Gasteiger partial charge in [0.1, 0.15) is 0 Å². The van der Waals surface area contributed by atoms with E-state index >= 15 is 0 Å². The summed E-state index contributed by atoms with van der Waals surface area (Å²) in [6, 6.07) is 3.79. The van der Waals surface area contributed by atoms with E-state index in [1.165, 1.54) is 0 Å². The van der Waals surface area contributed by atoms with Crippen molar-refractivity contribution in [1.29, 1.82) is 0 Å². The molecule has 0 aromatic heterocycles. The second-order valence-corrected chi connectivity index (χ2v) is 8.66. The van der Waals surface area contributed by atoms with Gasteiger partial charge in [-0.2, -0.15) is 0 Å². The Morgan fingerprint density at radius 1 is 1.07 bits per heavy atom. The van der Waals surface area contributed by atoms with E-state index < -0.39 is 0 Å². The number of amides is 2. The second kappa shape index (κ2) is 9.58. The van der Waals surface area contributed by atoms with Crippen molar-refractivity contribution in [2.45, 2.75) is 39.0 Å². The Bertz CT molecular complexity index is 750. The third-order valence-electron chi connectivity index (χ3n) is 6.03. The lowest BCUT2D eigenvalue weighted by Gasteiger charge is -2.21. The minimum absolute atomic E-state index is 0.000462. The van der Waals surface area contributed by atoms with Crippen molar-refractivity contribution in [1.82, 2.24) is 10.2 Å². The van der Waals surface area contributed by atoms with E-state index in [1.807, 2.05) is 17.0 Å². The first kappa shape index (κ1) is 22.2. The third kappa shape index (κ3) is 4.82. The maximum atomic E-state index is 13.1. The molecule has 1 aromatic rings. The van der Waals surface area contributed by atoms with Gasteiger partial charge in [0.15, 0.2) is 11.5 Å². The van der Waals surface area contributed by atoms with Gasteiger partial charge in [-0.3, -0.25) is 9.59 Å². The molecule has 1 N–H and O–H groups in total. The molecule has 30 heavy (non-hydrogen) atoms. The van der Waals surface area contributed by atoms with Gasteiger partial charge in [-0.05, 0) is 42.9 Å². The Morgan fingerprint density at radius 2 is 1.70 bits per heavy atom. The molecular formula is C23H34N2O5. The number of hydrogen-bond donors (Lipinski definition) is 1. The molecule has 2 fully saturated rings. The number of likely N-dealkylation sites (tertiary alicyclic amines) is 1. The monoisotopic (exact) mass is 418 g/mol. The van der Waals surface area contributed by atoms with Gasteiger partial charge in [-0.15, -0.1) is 0 Å². The molecule has 2 atom stereocenters. The maximum Gasteiger partial charge on any atom is 0.225 e. The Morgan fingerprint density at radius 3 is 2.20 bits per heavy atom. The Hall–Kier alpha value is -2.44. The summed E-state index contributed by atoms with van der Waals surface area (Å²) >= 11 is 0. The number of methoxy groups -OCH3 is 3. The van der Waals surface area contributed by atoms with Crippen molar-refractivity contribution >= 4 is 11.8 Å². The number of ether oxygens (including phenoxy) is 3. The molecule has 7 nitrogen and oxygen atoms in total. The van der Waals surface area contributed by atoms with Gasteiger partial charge in [-0.1, -0.05) is 13.8 Å². The van der Waals surface area contributed by atoms with Gasteiger partial charge in [0.05, 0.1) is 27.2 Å². The van der Waals surface area contributed by atoms with E-state index in [-0.39, 0.29) is 29.6 Å². The van der Waals surface area contributed by atoms with Crippen molar-refractivity contribution in [3.05, 3.63) is 17.7 Å². The fourth-order valence-electron chi connectivity index (χ4n) is 4.11. The predicted molar refractivity (Wildman–Crippen MR) is 114 cm³/mol. The predicted octanol–water partition coefficient (Wildman–Crippen LogP) is 2.83. The lowest BCUT2D eigenvalue weighted by atomic mass is 9.87. The summed E-state index contributed by atoms with van der Waals surface area (Å²) in [6.45, 7) is 5.89. The van der Waals surface area contributed by atoms with E-state index in [9.17, 15) is 9.59 Å². The van der Waals surface area contributed by atoms with Crippen LogP contribution < -0.4 is 19.5 Å². The smallest absolute Gasteiger partial charge is 0.225 e. The molecule has 3 rings (SSSR count). The number of hydrogen-bond acceptors (Lipinski definition) is 5. The first-order valence-electron chi connectivity index (χ1n) is 10.8. The number of rotatable bonds is 9. The fraction of sp³-hybridized carbons (Fsp3) is 0.652. The maximum absolute atomic E-state index is 13.1. The van der Waals surface area contributed by atoms with Gasteiger partial charge in [0.2, 0.25) is 17.6 Å². The minimum atomic E-state index is -0.303. The average molecular weight is 419 g/mol. The van der Waals surface area contributed by atoms with Crippen molar-refractivity contribution in [3.8, 4) is 17.2 Å². The molecule has 7 heteroatoms. The van der Waals surface area contributed by atoms with E-state index in [1.54, 1.807) is 21.3 Å². The molecule has 1 saturated heterocycles. The second-order valence-electron chi connectivity index (χ2n) is 8.66. The van der Waals surface area contributed by atoms with Crippen molar-refractivity contribution in [2.75, 3.05) is 41.0 Å². The quantitative estimate of drug-likeness (QED) is 0.667. The van der Waals surface area contributed by atoms with Crippen LogP contribution in [0.3, 0.4) is 0 Å². The summed E-state index contributed by atoms with van der Waals surface area (Å²) < 4.78 is 16.4. The zero-order valence-electron chi connectivity index (χ0n) is 18.7. The Balaban J connectivity index is 1.88. The van der Waals surface area contributed by atoms with Crippen LogP contribution in [0.1, 0.15) is 44.6 Å². The van der Waals surface area contributed by atoms with Gasteiger partial charge in [-0.25, -0.2) is 0 Å². The van der Waals surface area contributed by atoms with Gasteiger partial charge in [0, 0.05) is 31.5 Å². The molecular weight excluding hydrogens is 384 g/mol. The molecule has 1 aromatic carbocycles. The molecule has 2 unspecified atom stereocenters. The van der Waals surface area contributed by atoms with Crippen molar-refractivity contribution in [3.63, 3.8) is 0 Å². The topological polar surface area (TPSA) is 77.1 Å². The molecule has 1 saturated carbocycles. The molecule has 0 bridgehead atoms. The lowest BCUT2D eigenvalue weighted by Crippen LogP contribution is -2.36. The van der Waals surface area contributed by atoms with Crippen LogP contribution in [0.15, 0.2) is 12.1 Å². The molecule has 2 amide bonds. The summed E-state index contributed by atoms with van der Waals surface area (Å²) in [7, 11) is 4.72. The minimum Gasteiger partial charge on any atom is -0.493 e. The van der Waals surface area contributed by atoms with Crippen LogP contribution in [0.25, 0.3) is 0 Å². The standard InChI is InChI=1S/C23H34N2O5/c1-14(2)8-9-24-22(26)18-13-25(23(27)15-6-7-15)12-17(18)16-10-19(28-3)21(30-5)20(11-16)29-4/h10-11,14-15,17-18H,6-9,12-13H2,1-5H3,(H,24,26). The highest BCUT2D eigenvalue weighted by Gasteiger charge is 2.44. The van der Waals surface area contributed by atoms with Crippen LogP contribution in [0, 0.1) is 17.8 Å². The lowest BCUT2D eigenvalue weighted by molar-refractivity contribution is -0.132. The van der Waals surface area contributed by atoms with Crippen molar-refractivity contribution < 1.29 is 23.8 Å². The van der Waals surface area contributed by atoms with E-state index in [4.69, 9.17) is 14.2 Å².